The van der Waals surface area contributed by atoms with Gasteiger partial charge in [-0.1, -0.05) is 0 Å². The molecule has 0 amide bonds. The molecule has 0 aromatic carbocycles. The Hall–Kier alpha value is -0.162. The molecule has 32 valence electrons. The third kappa shape index (κ3) is 0.661. The Balaban J connectivity index is 3.05. The molecule has 0 N–H and O–H groups in total. The van der Waals surface area contributed by atoms with Gasteiger partial charge in [0.15, 0.2) is 0 Å². The van der Waals surface area contributed by atoms with Crippen molar-refractivity contribution in [1.29, 1.82) is 0 Å². The van der Waals surface area contributed by atoms with E-state index in [4.69, 9.17) is 0 Å². The zero-order valence-corrected chi connectivity index (χ0v) is 5.76. The summed E-state index contributed by atoms with van der Waals surface area (Å²) in [5.74, 6) is 0. The van der Waals surface area contributed by atoms with Crippen LogP contribution in [0.25, 0.3) is 0 Å². The first-order valence-electron chi connectivity index (χ1n) is 1.77. The second-order valence-electron chi connectivity index (χ2n) is 1.13. The molecular formula is C4H6AsN. The molecule has 0 fully saturated rings. The van der Waals surface area contributed by atoms with E-state index in [2.05, 4.69) is 3.48 Å². The molecule has 1 atom stereocenters. The van der Waals surface area contributed by atoms with Crippen molar-refractivity contribution in [2.75, 3.05) is 0 Å². The van der Waals surface area contributed by atoms with E-state index >= 15 is 0 Å². The van der Waals surface area contributed by atoms with Crippen LogP contribution in [-0.2, 0) is 0 Å². The Labute approximate surface area is 45.7 Å². The number of hydrogen-bond acceptors (Lipinski definition) is 0. The first-order valence-corrected chi connectivity index (χ1v) is 2.86. The molecule has 0 spiro atoms. The third-order valence-electron chi connectivity index (χ3n) is 0.628. The van der Waals surface area contributed by atoms with E-state index in [9.17, 15) is 0 Å². The maximum atomic E-state index is 2.06. The van der Waals surface area contributed by atoms with Crippen molar-refractivity contribution < 1.29 is 0 Å². The van der Waals surface area contributed by atoms with Gasteiger partial charge in [0.25, 0.3) is 0 Å². The normalized spacial score (nSPS) is 8.83. The molecule has 1 rings (SSSR count). The Bertz CT molecular complexity index is 111. The number of hydrogen-bond donors (Lipinski definition) is 0. The van der Waals surface area contributed by atoms with E-state index in [0.29, 0.717) is 0 Å². The van der Waals surface area contributed by atoms with Gasteiger partial charge in [-0.15, -0.1) is 0 Å². The average molecular weight is 143 g/mol. The van der Waals surface area contributed by atoms with Gasteiger partial charge in [-0.05, 0) is 0 Å². The molecule has 1 unspecified atom stereocenters. The van der Waals surface area contributed by atoms with Crippen molar-refractivity contribution in [3.8, 4) is 0 Å². The van der Waals surface area contributed by atoms with E-state index in [0.717, 1.165) is 0 Å². The summed E-state index contributed by atoms with van der Waals surface area (Å²) in [7, 11) is 0. The van der Waals surface area contributed by atoms with Crippen LogP contribution in [0.1, 0.15) is 0 Å². The van der Waals surface area contributed by atoms with Crippen molar-refractivity contribution in [1.82, 2.24) is 3.48 Å². The molecule has 0 aliphatic heterocycles. The van der Waals surface area contributed by atoms with Gasteiger partial charge in [-0.25, -0.2) is 0 Å². The van der Waals surface area contributed by atoms with E-state index in [1.807, 2.05) is 24.5 Å². The van der Waals surface area contributed by atoms with Crippen LogP contribution in [0, 0.1) is 0 Å². The van der Waals surface area contributed by atoms with Gasteiger partial charge in [0.1, 0.15) is 0 Å². The molecule has 1 aromatic heterocycles. The van der Waals surface area contributed by atoms with Crippen LogP contribution in [0.15, 0.2) is 24.5 Å². The predicted octanol–water partition coefficient (Wildman–Crippen LogP) is -0.116. The molecule has 1 nitrogen and oxygen atoms in total. The first-order chi connectivity index (χ1) is 2.89. The molecule has 0 radical (unpaired) electrons. The van der Waals surface area contributed by atoms with Crippen LogP contribution >= 0.6 is 0 Å². The van der Waals surface area contributed by atoms with E-state index in [1.54, 1.807) is 17.1 Å². The van der Waals surface area contributed by atoms with E-state index in [1.165, 1.54) is 0 Å². The standard InChI is InChI=1S/C4H6AsN/c5-6-3-1-2-4-6/h1-4H,5H2. The van der Waals surface area contributed by atoms with Crippen LogP contribution in [0.3, 0.4) is 0 Å². The minimum atomic E-state index is 1.60. The monoisotopic (exact) mass is 143 g/mol. The zero-order valence-electron chi connectivity index (χ0n) is 3.33. The van der Waals surface area contributed by atoms with Crippen LogP contribution in [-0.4, -0.2) is 20.6 Å². The SMILES string of the molecule is [AsH2]n1cccc1. The van der Waals surface area contributed by atoms with Crippen molar-refractivity contribution in [2.45, 2.75) is 0 Å². The summed E-state index contributed by atoms with van der Waals surface area (Å²) in [5.41, 5.74) is 0. The van der Waals surface area contributed by atoms with E-state index in [-0.39, 0.29) is 0 Å². The van der Waals surface area contributed by atoms with Gasteiger partial charge in [0.05, 0.1) is 0 Å². The van der Waals surface area contributed by atoms with Crippen molar-refractivity contribution in [3.63, 3.8) is 0 Å². The fourth-order valence-corrected chi connectivity index (χ4v) is 0.765. The van der Waals surface area contributed by atoms with Crippen LogP contribution in [0.4, 0.5) is 0 Å². The summed E-state index contributed by atoms with van der Waals surface area (Å²) >= 11 is 1.60. The fourth-order valence-electron chi connectivity index (χ4n) is 0.348. The molecular weight excluding hydrogens is 137 g/mol. The number of aromatic nitrogens is 1. The summed E-state index contributed by atoms with van der Waals surface area (Å²) in [6.45, 7) is 0. The second kappa shape index (κ2) is 1.52. The van der Waals surface area contributed by atoms with Crippen molar-refractivity contribution in [2.24, 2.45) is 0 Å². The van der Waals surface area contributed by atoms with Crippen LogP contribution < -0.4 is 0 Å². The Morgan fingerprint density at radius 3 is 1.83 bits per heavy atom. The quantitative estimate of drug-likeness (QED) is 0.446. The van der Waals surface area contributed by atoms with Gasteiger partial charge in [0.2, 0.25) is 0 Å². The Morgan fingerprint density at radius 2 is 1.67 bits per heavy atom. The Morgan fingerprint density at radius 1 is 1.17 bits per heavy atom. The maximum absolute atomic E-state index is 2.06. The van der Waals surface area contributed by atoms with Gasteiger partial charge >= 0.3 is 45.1 Å². The molecule has 1 heterocycles. The van der Waals surface area contributed by atoms with Crippen LogP contribution in [0.5, 0.6) is 0 Å². The number of nitrogens with zero attached hydrogens (tertiary/aromatic N) is 1. The molecule has 0 saturated heterocycles. The molecule has 0 aliphatic rings. The second-order valence-corrected chi connectivity index (χ2v) is 2.38. The molecule has 1 aromatic rings. The zero-order chi connectivity index (χ0) is 4.41. The van der Waals surface area contributed by atoms with Gasteiger partial charge < -0.3 is 0 Å². The van der Waals surface area contributed by atoms with Gasteiger partial charge in [-0.3, -0.25) is 0 Å². The molecule has 0 aliphatic carbocycles. The van der Waals surface area contributed by atoms with Gasteiger partial charge in [-0.2, -0.15) is 0 Å². The molecule has 0 bridgehead atoms. The Kier molecular flexibility index (Phi) is 1.02. The predicted molar refractivity (Wildman–Crippen MR) is 28.4 cm³/mol. The molecule has 2 heteroatoms. The molecule has 6 heavy (non-hydrogen) atoms. The van der Waals surface area contributed by atoms with Crippen molar-refractivity contribution >= 4 is 17.1 Å². The summed E-state index contributed by atoms with van der Waals surface area (Å²) in [6.07, 6.45) is 4.06. The summed E-state index contributed by atoms with van der Waals surface area (Å²) in [6, 6.07) is 4.03. The minimum absolute atomic E-state index is 1.60. The fraction of sp³-hybridized carbons (Fsp3) is 0. The summed E-state index contributed by atoms with van der Waals surface area (Å²) < 4.78 is 2.06. The summed E-state index contributed by atoms with van der Waals surface area (Å²) in [4.78, 5) is 0. The molecule has 0 saturated carbocycles. The van der Waals surface area contributed by atoms with Crippen molar-refractivity contribution in [3.05, 3.63) is 24.5 Å². The third-order valence-corrected chi connectivity index (χ3v) is 1.35. The average Bonchev–Trinajstić information content (AvgIpc) is 1.86. The topological polar surface area (TPSA) is 4.93 Å². The number of rotatable bonds is 0. The first kappa shape index (κ1) is 4.01. The van der Waals surface area contributed by atoms with Gasteiger partial charge in [0, 0.05) is 0 Å². The van der Waals surface area contributed by atoms with Crippen LogP contribution in [0.2, 0.25) is 0 Å². The van der Waals surface area contributed by atoms with E-state index < -0.39 is 0 Å². The summed E-state index contributed by atoms with van der Waals surface area (Å²) in [5, 5.41) is 0.